The third-order valence-corrected chi connectivity index (χ3v) is 4.92. The number of carbonyl (C=O) groups excluding carboxylic acids is 2. The van der Waals surface area contributed by atoms with Crippen molar-refractivity contribution in [2.24, 2.45) is 0 Å². The van der Waals surface area contributed by atoms with E-state index < -0.39 is 0 Å². The second kappa shape index (κ2) is 9.33. The van der Waals surface area contributed by atoms with Gasteiger partial charge in [-0.05, 0) is 61.7 Å². The van der Waals surface area contributed by atoms with Gasteiger partial charge in [-0.3, -0.25) is 9.69 Å². The largest absolute Gasteiger partial charge is 0.463 e. The van der Waals surface area contributed by atoms with E-state index in [4.69, 9.17) is 4.74 Å². The van der Waals surface area contributed by atoms with E-state index in [-0.39, 0.29) is 17.9 Å². The normalized spacial score (nSPS) is 15.6. The fraction of sp³-hybridized carbons (Fsp3) is 0.304. The molecule has 1 N–H and O–H groups in total. The summed E-state index contributed by atoms with van der Waals surface area (Å²) in [7, 11) is 2.00. The van der Waals surface area contributed by atoms with Crippen LogP contribution in [0, 0.1) is 0 Å². The van der Waals surface area contributed by atoms with E-state index >= 15 is 0 Å². The molecule has 5 nitrogen and oxygen atoms in total. The standard InChI is InChI=1S/C23H26N2O3/c1-3-28-23(27)15-10-17-8-12-19(13-9-17)24-22(26)16-25(2)21-14-11-18-6-4-5-7-20(18)21/h4-10,12-13,15,21H,3,11,14,16H2,1-2H3,(H,24,26). The summed E-state index contributed by atoms with van der Waals surface area (Å²) in [4.78, 5) is 25.9. The van der Waals surface area contributed by atoms with Crippen LogP contribution in [0.25, 0.3) is 6.08 Å². The molecule has 1 amide bonds. The van der Waals surface area contributed by atoms with E-state index in [1.54, 1.807) is 13.0 Å². The molecule has 0 saturated carbocycles. The molecule has 5 heteroatoms. The number of carbonyl (C=O) groups is 2. The highest BCUT2D eigenvalue weighted by Crippen LogP contribution is 2.34. The highest BCUT2D eigenvalue weighted by Gasteiger charge is 2.26. The molecule has 1 aliphatic carbocycles. The molecule has 0 saturated heterocycles. The fourth-order valence-corrected chi connectivity index (χ4v) is 3.56. The van der Waals surface area contributed by atoms with E-state index in [0.717, 1.165) is 24.1 Å². The first-order valence-electron chi connectivity index (χ1n) is 9.59. The highest BCUT2D eigenvalue weighted by molar-refractivity contribution is 5.92. The number of benzene rings is 2. The quantitative estimate of drug-likeness (QED) is 0.588. The molecule has 0 radical (unpaired) electrons. The van der Waals surface area contributed by atoms with Gasteiger partial charge in [0.15, 0.2) is 0 Å². The molecular weight excluding hydrogens is 352 g/mol. The van der Waals surface area contributed by atoms with E-state index in [1.165, 1.54) is 17.2 Å². The zero-order chi connectivity index (χ0) is 19.9. The third-order valence-electron chi connectivity index (χ3n) is 4.92. The van der Waals surface area contributed by atoms with Crippen LogP contribution in [0.4, 0.5) is 5.69 Å². The Balaban J connectivity index is 1.53. The Hall–Kier alpha value is -2.92. The van der Waals surface area contributed by atoms with Gasteiger partial charge in [-0.15, -0.1) is 0 Å². The summed E-state index contributed by atoms with van der Waals surface area (Å²) in [5.74, 6) is -0.405. The molecule has 0 aliphatic heterocycles. The molecule has 146 valence electrons. The van der Waals surface area contributed by atoms with Crippen LogP contribution >= 0.6 is 0 Å². The molecule has 2 aromatic rings. The molecule has 28 heavy (non-hydrogen) atoms. The summed E-state index contributed by atoms with van der Waals surface area (Å²) < 4.78 is 4.85. The Kier molecular flexibility index (Phi) is 6.61. The van der Waals surface area contributed by atoms with Crippen molar-refractivity contribution in [3.05, 3.63) is 71.3 Å². The number of fused-ring (bicyclic) bond motifs is 1. The number of aryl methyl sites for hydroxylation is 1. The van der Waals surface area contributed by atoms with Gasteiger partial charge in [-0.25, -0.2) is 4.79 Å². The number of hydrogen-bond acceptors (Lipinski definition) is 4. The van der Waals surface area contributed by atoms with Crippen molar-refractivity contribution in [3.63, 3.8) is 0 Å². The molecule has 0 aromatic heterocycles. The van der Waals surface area contributed by atoms with Crippen LogP contribution in [0.2, 0.25) is 0 Å². The van der Waals surface area contributed by atoms with Gasteiger partial charge >= 0.3 is 5.97 Å². The topological polar surface area (TPSA) is 58.6 Å². The Morgan fingerprint density at radius 3 is 2.68 bits per heavy atom. The summed E-state index contributed by atoms with van der Waals surface area (Å²) >= 11 is 0. The summed E-state index contributed by atoms with van der Waals surface area (Å²) in [5.41, 5.74) is 4.31. The molecule has 1 unspecified atom stereocenters. The molecular formula is C23H26N2O3. The number of amides is 1. The predicted molar refractivity (Wildman–Crippen MR) is 111 cm³/mol. The minimum atomic E-state index is -0.364. The van der Waals surface area contributed by atoms with Crippen molar-refractivity contribution in [1.29, 1.82) is 0 Å². The van der Waals surface area contributed by atoms with E-state index in [0.29, 0.717) is 13.2 Å². The van der Waals surface area contributed by atoms with Gasteiger partial charge in [0, 0.05) is 17.8 Å². The number of nitrogens with one attached hydrogen (secondary N) is 1. The number of nitrogens with zero attached hydrogens (tertiary/aromatic N) is 1. The first-order chi connectivity index (χ1) is 13.6. The van der Waals surface area contributed by atoms with Crippen molar-refractivity contribution >= 4 is 23.6 Å². The number of anilines is 1. The summed E-state index contributed by atoms with van der Waals surface area (Å²) in [6.07, 6.45) is 5.19. The number of rotatable bonds is 7. The smallest absolute Gasteiger partial charge is 0.330 e. The van der Waals surface area contributed by atoms with E-state index in [2.05, 4.69) is 34.5 Å². The second-order valence-electron chi connectivity index (χ2n) is 6.92. The van der Waals surface area contributed by atoms with Crippen LogP contribution in [0.15, 0.2) is 54.6 Å². The van der Waals surface area contributed by atoms with Gasteiger partial charge in [-0.1, -0.05) is 36.4 Å². The molecule has 3 rings (SSSR count). The Bertz CT molecular complexity index is 858. The molecule has 2 aromatic carbocycles. The Morgan fingerprint density at radius 2 is 1.93 bits per heavy atom. The maximum atomic E-state index is 12.4. The van der Waals surface area contributed by atoms with Crippen LogP contribution in [-0.4, -0.2) is 37.0 Å². The molecule has 0 heterocycles. The summed E-state index contributed by atoms with van der Waals surface area (Å²) in [6.45, 7) is 2.46. The summed E-state index contributed by atoms with van der Waals surface area (Å²) in [6, 6.07) is 16.1. The van der Waals surface area contributed by atoms with Crippen molar-refractivity contribution < 1.29 is 14.3 Å². The maximum absolute atomic E-state index is 12.4. The SMILES string of the molecule is CCOC(=O)C=Cc1ccc(NC(=O)CN(C)C2CCc3ccccc32)cc1. The molecule has 0 bridgehead atoms. The summed E-state index contributed by atoms with van der Waals surface area (Å²) in [5, 5.41) is 2.94. The number of ether oxygens (including phenoxy) is 1. The lowest BCUT2D eigenvalue weighted by atomic mass is 10.1. The average Bonchev–Trinajstić information content (AvgIpc) is 3.12. The van der Waals surface area contributed by atoms with Gasteiger partial charge in [-0.2, -0.15) is 0 Å². The third kappa shape index (κ3) is 5.08. The molecule has 0 spiro atoms. The minimum Gasteiger partial charge on any atom is -0.463 e. The Labute approximate surface area is 166 Å². The first-order valence-corrected chi connectivity index (χ1v) is 9.59. The van der Waals surface area contributed by atoms with Gasteiger partial charge in [0.25, 0.3) is 0 Å². The maximum Gasteiger partial charge on any atom is 0.330 e. The highest BCUT2D eigenvalue weighted by atomic mass is 16.5. The monoisotopic (exact) mass is 378 g/mol. The van der Waals surface area contributed by atoms with Gasteiger partial charge in [0.2, 0.25) is 5.91 Å². The fourth-order valence-electron chi connectivity index (χ4n) is 3.56. The van der Waals surface area contributed by atoms with E-state index in [9.17, 15) is 9.59 Å². The van der Waals surface area contributed by atoms with Crippen molar-refractivity contribution in [2.75, 3.05) is 25.5 Å². The molecule has 1 aliphatic rings. The number of hydrogen-bond donors (Lipinski definition) is 1. The second-order valence-corrected chi connectivity index (χ2v) is 6.92. The van der Waals surface area contributed by atoms with Crippen molar-refractivity contribution in [2.45, 2.75) is 25.8 Å². The van der Waals surface area contributed by atoms with Crippen LogP contribution < -0.4 is 5.32 Å². The van der Waals surface area contributed by atoms with Crippen LogP contribution in [0.1, 0.15) is 36.1 Å². The lowest BCUT2D eigenvalue weighted by Crippen LogP contribution is -2.32. The van der Waals surface area contributed by atoms with Crippen LogP contribution in [0.3, 0.4) is 0 Å². The lowest BCUT2D eigenvalue weighted by molar-refractivity contribution is -0.137. The molecule has 0 fully saturated rings. The van der Waals surface area contributed by atoms with Crippen LogP contribution in [0.5, 0.6) is 0 Å². The van der Waals surface area contributed by atoms with E-state index in [1.807, 2.05) is 31.3 Å². The van der Waals surface area contributed by atoms with Crippen molar-refractivity contribution in [3.8, 4) is 0 Å². The minimum absolute atomic E-state index is 0.0401. The predicted octanol–water partition coefficient (Wildman–Crippen LogP) is 3.82. The zero-order valence-electron chi connectivity index (χ0n) is 16.4. The van der Waals surface area contributed by atoms with Gasteiger partial charge in [0.1, 0.15) is 0 Å². The first kappa shape index (κ1) is 19.8. The Morgan fingerprint density at radius 1 is 1.18 bits per heavy atom. The zero-order valence-corrected chi connectivity index (χ0v) is 16.4. The van der Waals surface area contributed by atoms with Crippen molar-refractivity contribution in [1.82, 2.24) is 4.90 Å². The van der Waals surface area contributed by atoms with Gasteiger partial charge < -0.3 is 10.1 Å². The van der Waals surface area contributed by atoms with Gasteiger partial charge in [0.05, 0.1) is 13.2 Å². The number of esters is 1. The lowest BCUT2D eigenvalue weighted by Gasteiger charge is -2.24. The molecule has 1 atom stereocenters. The number of likely N-dealkylation sites (N-methyl/N-ethyl adjacent to an activating group) is 1. The average molecular weight is 378 g/mol. The van der Waals surface area contributed by atoms with Crippen LogP contribution in [-0.2, 0) is 20.7 Å².